The van der Waals surface area contributed by atoms with Crippen molar-refractivity contribution in [3.05, 3.63) is 56.8 Å². The second kappa shape index (κ2) is 6.45. The first-order chi connectivity index (χ1) is 9.92. The number of anilines is 1. The third-order valence-corrected chi connectivity index (χ3v) is 3.64. The third-order valence-electron chi connectivity index (χ3n) is 2.83. The summed E-state index contributed by atoms with van der Waals surface area (Å²) in [5.74, 6) is -0.729. The molecule has 0 aliphatic rings. The number of methoxy groups -OCH3 is 1. The second-order valence-corrected chi connectivity index (χ2v) is 5.70. The molecular weight excluding hydrogens is 361 g/mol. The molecule has 0 aromatic heterocycles. The molecule has 0 aliphatic carbocycles. The van der Waals surface area contributed by atoms with Gasteiger partial charge in [-0.2, -0.15) is 0 Å². The van der Waals surface area contributed by atoms with E-state index in [1.807, 2.05) is 0 Å². The summed E-state index contributed by atoms with van der Waals surface area (Å²) in [4.78, 5) is 12.2. The molecule has 0 saturated carbocycles. The van der Waals surface area contributed by atoms with E-state index >= 15 is 0 Å². The molecule has 3 nitrogen and oxygen atoms in total. The Morgan fingerprint density at radius 1 is 1.33 bits per heavy atom. The number of rotatable bonds is 3. The van der Waals surface area contributed by atoms with Gasteiger partial charge in [0.15, 0.2) is 5.75 Å². The smallest absolute Gasteiger partial charge is 0.258 e. The van der Waals surface area contributed by atoms with Gasteiger partial charge in [-0.3, -0.25) is 4.79 Å². The van der Waals surface area contributed by atoms with Gasteiger partial charge in [0.1, 0.15) is 5.82 Å². The van der Waals surface area contributed by atoms with E-state index in [1.54, 1.807) is 19.1 Å². The average molecular weight is 373 g/mol. The van der Waals surface area contributed by atoms with Crippen molar-refractivity contribution >= 4 is 39.1 Å². The quantitative estimate of drug-likeness (QED) is 0.839. The number of nitrogens with one attached hydrogen (secondary N) is 1. The van der Waals surface area contributed by atoms with Gasteiger partial charge in [0, 0.05) is 5.02 Å². The molecule has 0 fully saturated rings. The van der Waals surface area contributed by atoms with Crippen LogP contribution in [-0.4, -0.2) is 13.0 Å². The molecular formula is C15H12BrClFNO2. The van der Waals surface area contributed by atoms with Gasteiger partial charge < -0.3 is 10.1 Å². The Balaban J connectivity index is 2.35. The van der Waals surface area contributed by atoms with E-state index < -0.39 is 11.7 Å². The Labute approximate surface area is 135 Å². The highest BCUT2D eigenvalue weighted by molar-refractivity contribution is 9.10. The van der Waals surface area contributed by atoms with Crippen LogP contribution in [0, 0.1) is 12.7 Å². The summed E-state index contributed by atoms with van der Waals surface area (Å²) in [5.41, 5.74) is 1.06. The molecule has 110 valence electrons. The number of carbonyl (C=O) groups is 1. The first-order valence-electron chi connectivity index (χ1n) is 6.03. The van der Waals surface area contributed by atoms with E-state index in [4.69, 9.17) is 16.3 Å². The van der Waals surface area contributed by atoms with Crippen molar-refractivity contribution in [2.45, 2.75) is 6.92 Å². The lowest BCUT2D eigenvalue weighted by atomic mass is 10.1. The Morgan fingerprint density at radius 3 is 2.67 bits per heavy atom. The summed E-state index contributed by atoms with van der Waals surface area (Å²) in [6, 6.07) is 7.59. The van der Waals surface area contributed by atoms with Crippen molar-refractivity contribution in [3.63, 3.8) is 0 Å². The maximum absolute atomic E-state index is 13.8. The van der Waals surface area contributed by atoms with Crippen LogP contribution in [0.5, 0.6) is 5.75 Å². The third kappa shape index (κ3) is 3.54. The van der Waals surface area contributed by atoms with Gasteiger partial charge >= 0.3 is 0 Å². The minimum Gasteiger partial charge on any atom is -0.493 e. The monoisotopic (exact) mass is 371 g/mol. The minimum absolute atomic E-state index is 0.0428. The van der Waals surface area contributed by atoms with Gasteiger partial charge in [-0.25, -0.2) is 4.39 Å². The van der Waals surface area contributed by atoms with Crippen molar-refractivity contribution in [2.75, 3.05) is 12.4 Å². The van der Waals surface area contributed by atoms with E-state index in [-0.39, 0.29) is 5.56 Å². The molecule has 1 amide bonds. The number of hydrogen-bond acceptors (Lipinski definition) is 2. The SMILES string of the molecule is COc1c(Br)cc(Cl)cc1NC(=O)c1ccc(C)cc1F. The molecule has 2 aromatic carbocycles. The van der Waals surface area contributed by atoms with E-state index in [0.717, 1.165) is 5.56 Å². The topological polar surface area (TPSA) is 38.3 Å². The van der Waals surface area contributed by atoms with E-state index in [1.165, 1.54) is 25.3 Å². The molecule has 2 rings (SSSR count). The maximum atomic E-state index is 13.8. The van der Waals surface area contributed by atoms with Gasteiger partial charge in [0.25, 0.3) is 5.91 Å². The molecule has 0 spiro atoms. The predicted molar refractivity (Wildman–Crippen MR) is 84.8 cm³/mol. The van der Waals surface area contributed by atoms with Gasteiger partial charge in [0.05, 0.1) is 22.8 Å². The first kappa shape index (κ1) is 15.8. The van der Waals surface area contributed by atoms with Crippen LogP contribution in [0.2, 0.25) is 5.02 Å². The Morgan fingerprint density at radius 2 is 2.05 bits per heavy atom. The summed E-state index contributed by atoms with van der Waals surface area (Å²) in [5, 5.41) is 3.02. The zero-order valence-electron chi connectivity index (χ0n) is 11.3. The van der Waals surface area contributed by atoms with Crippen molar-refractivity contribution in [3.8, 4) is 5.75 Å². The highest BCUT2D eigenvalue weighted by Gasteiger charge is 2.16. The normalized spacial score (nSPS) is 10.3. The molecule has 0 radical (unpaired) electrons. The highest BCUT2D eigenvalue weighted by Crippen LogP contribution is 2.36. The van der Waals surface area contributed by atoms with Crippen molar-refractivity contribution in [2.24, 2.45) is 0 Å². The second-order valence-electron chi connectivity index (χ2n) is 4.41. The molecule has 0 aliphatic heterocycles. The number of amides is 1. The lowest BCUT2D eigenvalue weighted by molar-refractivity contribution is 0.102. The van der Waals surface area contributed by atoms with E-state index in [9.17, 15) is 9.18 Å². The number of carbonyl (C=O) groups excluding carboxylic acids is 1. The largest absolute Gasteiger partial charge is 0.493 e. The molecule has 0 saturated heterocycles. The van der Waals surface area contributed by atoms with Crippen LogP contribution in [0.3, 0.4) is 0 Å². The fourth-order valence-electron chi connectivity index (χ4n) is 1.85. The Hall–Kier alpha value is -1.59. The summed E-state index contributed by atoms with van der Waals surface area (Å²) in [7, 11) is 1.47. The summed E-state index contributed by atoms with van der Waals surface area (Å²) < 4.78 is 19.6. The minimum atomic E-state index is -0.576. The van der Waals surface area contributed by atoms with Crippen molar-refractivity contribution in [1.29, 1.82) is 0 Å². The van der Waals surface area contributed by atoms with Gasteiger partial charge in [0.2, 0.25) is 0 Å². The van der Waals surface area contributed by atoms with Crippen LogP contribution in [0.25, 0.3) is 0 Å². The zero-order chi connectivity index (χ0) is 15.6. The van der Waals surface area contributed by atoms with Gasteiger partial charge in [-0.1, -0.05) is 17.7 Å². The fourth-order valence-corrected chi connectivity index (χ4v) is 2.83. The van der Waals surface area contributed by atoms with Crippen molar-refractivity contribution in [1.82, 2.24) is 0 Å². The summed E-state index contributed by atoms with van der Waals surface area (Å²) >= 11 is 9.24. The maximum Gasteiger partial charge on any atom is 0.258 e. The molecule has 2 aromatic rings. The fraction of sp³-hybridized carbons (Fsp3) is 0.133. The Bertz CT molecular complexity index is 706. The Kier molecular flexibility index (Phi) is 4.85. The summed E-state index contributed by atoms with van der Waals surface area (Å²) in [6.45, 7) is 1.75. The van der Waals surface area contributed by atoms with Gasteiger partial charge in [-0.05, 0) is 52.7 Å². The highest BCUT2D eigenvalue weighted by atomic mass is 79.9. The summed E-state index contributed by atoms with van der Waals surface area (Å²) in [6.07, 6.45) is 0. The number of benzene rings is 2. The molecule has 0 bridgehead atoms. The van der Waals surface area contributed by atoms with Crippen LogP contribution < -0.4 is 10.1 Å². The number of ether oxygens (including phenoxy) is 1. The van der Waals surface area contributed by atoms with E-state index in [0.29, 0.717) is 20.9 Å². The van der Waals surface area contributed by atoms with Crippen LogP contribution in [0.4, 0.5) is 10.1 Å². The number of hydrogen-bond donors (Lipinski definition) is 1. The van der Waals surface area contributed by atoms with E-state index in [2.05, 4.69) is 21.2 Å². The molecule has 0 unspecified atom stereocenters. The van der Waals surface area contributed by atoms with Crippen molar-refractivity contribution < 1.29 is 13.9 Å². The molecule has 1 N–H and O–H groups in total. The standard InChI is InChI=1S/C15H12BrClFNO2/c1-8-3-4-10(12(18)5-8)15(20)19-13-7-9(17)6-11(16)14(13)21-2/h3-7H,1-2H3,(H,19,20). The van der Waals surface area contributed by atoms with Crippen LogP contribution >= 0.6 is 27.5 Å². The van der Waals surface area contributed by atoms with Gasteiger partial charge in [-0.15, -0.1) is 0 Å². The molecule has 21 heavy (non-hydrogen) atoms. The molecule has 0 heterocycles. The number of aryl methyl sites for hydroxylation is 1. The van der Waals surface area contributed by atoms with Crippen LogP contribution in [0.1, 0.15) is 15.9 Å². The predicted octanol–water partition coefficient (Wildman–Crippen LogP) is 4.81. The lowest BCUT2D eigenvalue weighted by Gasteiger charge is -2.13. The van der Waals surface area contributed by atoms with Crippen LogP contribution in [0.15, 0.2) is 34.8 Å². The molecule has 0 atom stereocenters. The first-order valence-corrected chi connectivity index (χ1v) is 7.20. The lowest BCUT2D eigenvalue weighted by Crippen LogP contribution is -2.14. The number of halogens is 3. The van der Waals surface area contributed by atoms with Crippen LogP contribution in [-0.2, 0) is 0 Å². The zero-order valence-corrected chi connectivity index (χ0v) is 13.7. The average Bonchev–Trinajstić information content (AvgIpc) is 2.37. The molecule has 6 heteroatoms.